The average Bonchev–Trinajstić information content (AvgIpc) is 0. The van der Waals surface area contributed by atoms with Gasteiger partial charge >= 0.3 is 64.3 Å². The van der Waals surface area contributed by atoms with Crippen LogP contribution < -0.4 is 18.9 Å². The fraction of sp³-hybridized carbons (Fsp3) is 0. The van der Waals surface area contributed by atoms with Gasteiger partial charge in [-0.1, -0.05) is 0 Å². The largest absolute Gasteiger partial charge is 2.00 e. The summed E-state index contributed by atoms with van der Waals surface area (Å²) in [5, 5.41) is 0. The third-order valence-electron chi connectivity index (χ3n) is 0. The molecule has 0 nitrogen and oxygen atoms in total. The van der Waals surface area contributed by atoms with E-state index in [1.54, 1.807) is 0 Å². The maximum Gasteiger partial charge on any atom is 2.00 e. The van der Waals surface area contributed by atoms with Gasteiger partial charge in [0.1, 0.15) is 0 Å². The first-order valence-corrected chi connectivity index (χ1v) is 0. The summed E-state index contributed by atoms with van der Waals surface area (Å²) >= 11 is 0. The summed E-state index contributed by atoms with van der Waals surface area (Å²) in [6.07, 6.45) is 0. The molecule has 0 aliphatic carbocycles. The van der Waals surface area contributed by atoms with Crippen LogP contribution in [0.3, 0.4) is 0 Å². The Balaban J connectivity index is 0. The van der Waals surface area contributed by atoms with Crippen LogP contribution in [-0.2, 0) is 40.5 Å². The predicted molar refractivity (Wildman–Crippen MR) is 9.09 cm³/mol. The maximum atomic E-state index is 0. The summed E-state index contributed by atoms with van der Waals surface area (Å²) in [7, 11) is 0. The SMILES string of the molecule is [H-].[H-].[H-].[Li+].[Mo].[Sr+2].[Zn]. The van der Waals surface area contributed by atoms with Crippen molar-refractivity contribution >= 4 is 45.5 Å². The van der Waals surface area contributed by atoms with Crippen LogP contribution in [0.5, 0.6) is 0 Å². The van der Waals surface area contributed by atoms with Gasteiger partial charge in [-0.05, 0) is 0 Å². The predicted octanol–water partition coefficient (Wildman–Crippen LogP) is -3.04. The molecule has 14 valence electrons. The van der Waals surface area contributed by atoms with E-state index in [1.807, 2.05) is 0 Å². The van der Waals surface area contributed by atoms with Crippen molar-refractivity contribution in [3.05, 3.63) is 0 Å². The second-order valence-electron chi connectivity index (χ2n) is 0. The molecule has 0 aromatic rings. The zero-order chi connectivity index (χ0) is 0. The Morgan fingerprint density at radius 2 is 1.25 bits per heavy atom. The first kappa shape index (κ1) is 26.3. The van der Waals surface area contributed by atoms with Crippen molar-refractivity contribution in [3.8, 4) is 0 Å². The molecule has 0 aliphatic heterocycles. The van der Waals surface area contributed by atoms with Gasteiger partial charge in [0.25, 0.3) is 0 Å². The molecule has 0 unspecified atom stereocenters. The molecule has 4 heavy (non-hydrogen) atoms. The molecular formula is H3LiMoSrZn. The average molecular weight is 259 g/mol. The molecule has 0 fully saturated rings. The molecule has 0 atom stereocenters. The molecule has 0 heterocycles. The maximum absolute atomic E-state index is 0. The van der Waals surface area contributed by atoms with E-state index in [1.165, 1.54) is 0 Å². The molecule has 0 saturated heterocycles. The molecule has 0 spiro atoms. The Hall–Kier alpha value is 3.39. The Labute approximate surface area is 107 Å². The van der Waals surface area contributed by atoms with E-state index in [9.17, 15) is 0 Å². The summed E-state index contributed by atoms with van der Waals surface area (Å²) in [4.78, 5) is 0. The Kier molecular flexibility index (Phi) is 106. The Morgan fingerprint density at radius 3 is 1.25 bits per heavy atom. The molecule has 0 bridgehead atoms. The summed E-state index contributed by atoms with van der Waals surface area (Å²) in [6.45, 7) is 0. The summed E-state index contributed by atoms with van der Waals surface area (Å²) in [5.41, 5.74) is 0. The molecular weight excluding hydrogens is 256 g/mol. The van der Waals surface area contributed by atoms with Gasteiger partial charge in [-0.25, -0.2) is 0 Å². The van der Waals surface area contributed by atoms with Gasteiger partial charge in [0.2, 0.25) is 0 Å². The molecule has 0 radical (unpaired) electrons. The van der Waals surface area contributed by atoms with Crippen molar-refractivity contribution in [3.63, 3.8) is 0 Å². The second-order valence-corrected chi connectivity index (χ2v) is 0. The van der Waals surface area contributed by atoms with E-state index in [4.69, 9.17) is 0 Å². The quantitative estimate of drug-likeness (QED) is 0.406. The van der Waals surface area contributed by atoms with E-state index in [-0.39, 0.29) is 109 Å². The van der Waals surface area contributed by atoms with E-state index in [2.05, 4.69) is 0 Å². The van der Waals surface area contributed by atoms with E-state index in [0.717, 1.165) is 0 Å². The monoisotopic (exact) mass is 260 g/mol. The van der Waals surface area contributed by atoms with Gasteiger partial charge < -0.3 is 4.28 Å². The first-order valence-electron chi connectivity index (χ1n) is 0. The van der Waals surface area contributed by atoms with Crippen molar-refractivity contribution in [1.82, 2.24) is 0 Å². The topological polar surface area (TPSA) is 0 Å². The zero-order valence-electron chi connectivity index (χ0n) is 5.82. The minimum absolute atomic E-state index is 0. The normalized spacial score (nSPS) is 0. The minimum atomic E-state index is 0. The molecule has 0 aromatic carbocycles. The molecule has 0 N–H and O–H groups in total. The number of hydrogen-bond acceptors (Lipinski definition) is 0. The standard InChI is InChI=1S/Li.Mo.Sr.Zn.3H/q+1;;+2;;3*-1. The minimum Gasteiger partial charge on any atom is -1.00 e. The van der Waals surface area contributed by atoms with Crippen molar-refractivity contribution in [2.75, 3.05) is 0 Å². The second kappa shape index (κ2) is 16.2. The molecule has 4 heteroatoms. The summed E-state index contributed by atoms with van der Waals surface area (Å²) in [5.74, 6) is 0. The van der Waals surface area contributed by atoms with Gasteiger partial charge in [-0.2, -0.15) is 0 Å². The van der Waals surface area contributed by atoms with E-state index < -0.39 is 0 Å². The van der Waals surface area contributed by atoms with E-state index >= 15 is 0 Å². The molecule has 0 aromatic heterocycles. The van der Waals surface area contributed by atoms with Crippen LogP contribution in [-0.4, -0.2) is 45.5 Å². The third-order valence-corrected chi connectivity index (χ3v) is 0. The molecule has 0 aliphatic rings. The fourth-order valence-electron chi connectivity index (χ4n) is 0. The molecule has 0 saturated carbocycles. The van der Waals surface area contributed by atoms with Gasteiger partial charge in [0.15, 0.2) is 0 Å². The van der Waals surface area contributed by atoms with Gasteiger partial charge in [0.05, 0.1) is 0 Å². The van der Waals surface area contributed by atoms with Crippen LogP contribution >= 0.6 is 0 Å². The summed E-state index contributed by atoms with van der Waals surface area (Å²) < 4.78 is 0. The zero-order valence-corrected chi connectivity index (χ0v) is 11.3. The van der Waals surface area contributed by atoms with Gasteiger partial charge in [0, 0.05) is 40.5 Å². The van der Waals surface area contributed by atoms with Gasteiger partial charge in [-0.15, -0.1) is 0 Å². The number of hydrogen-bond donors (Lipinski definition) is 0. The van der Waals surface area contributed by atoms with Crippen LogP contribution in [0, 0.1) is 0 Å². The van der Waals surface area contributed by atoms with E-state index in [0.29, 0.717) is 0 Å². The first-order chi connectivity index (χ1) is 0. The third kappa shape index (κ3) is 9.04. The van der Waals surface area contributed by atoms with Crippen molar-refractivity contribution in [2.45, 2.75) is 0 Å². The van der Waals surface area contributed by atoms with Crippen LogP contribution in [0.25, 0.3) is 0 Å². The van der Waals surface area contributed by atoms with Crippen LogP contribution in [0.15, 0.2) is 0 Å². The smallest absolute Gasteiger partial charge is 1.00 e. The van der Waals surface area contributed by atoms with Crippen molar-refractivity contribution in [1.29, 1.82) is 0 Å². The number of rotatable bonds is 0. The van der Waals surface area contributed by atoms with Crippen molar-refractivity contribution in [2.24, 2.45) is 0 Å². The summed E-state index contributed by atoms with van der Waals surface area (Å²) in [6, 6.07) is 0. The Morgan fingerprint density at radius 1 is 1.25 bits per heavy atom. The molecule has 0 amide bonds. The van der Waals surface area contributed by atoms with Crippen LogP contribution in [0.2, 0.25) is 0 Å². The van der Waals surface area contributed by atoms with Crippen molar-refractivity contribution < 1.29 is 63.7 Å². The fourth-order valence-corrected chi connectivity index (χ4v) is 0. The molecule has 0 rings (SSSR count). The van der Waals surface area contributed by atoms with Crippen LogP contribution in [0.1, 0.15) is 4.28 Å². The van der Waals surface area contributed by atoms with Crippen LogP contribution in [0.4, 0.5) is 0 Å². The Bertz CT molecular complexity index is 14.9. The van der Waals surface area contributed by atoms with Gasteiger partial charge in [-0.3, -0.25) is 0 Å².